The number of hydrogen-bond donors (Lipinski definition) is 0. The Kier molecular flexibility index (Phi) is 3.53. The van der Waals surface area contributed by atoms with Crippen molar-refractivity contribution in [2.45, 2.75) is 26.2 Å². The molecule has 0 atom stereocenters. The number of ketones is 1. The summed E-state index contributed by atoms with van der Waals surface area (Å²) < 4.78 is 11.1. The van der Waals surface area contributed by atoms with Gasteiger partial charge in [-0.15, -0.1) is 0 Å². The number of aryl methyl sites for hydroxylation is 1. The van der Waals surface area contributed by atoms with E-state index in [1.165, 1.54) is 0 Å². The number of rotatable bonds is 4. The third kappa shape index (κ3) is 2.46. The van der Waals surface area contributed by atoms with Crippen molar-refractivity contribution in [2.75, 3.05) is 6.61 Å². The number of hydrogen-bond acceptors (Lipinski definition) is 3. The first-order valence-electron chi connectivity index (χ1n) is 6.73. The molecular weight excluding hydrogens is 276 g/mol. The van der Waals surface area contributed by atoms with Gasteiger partial charge >= 0.3 is 0 Å². The van der Waals surface area contributed by atoms with E-state index in [0.29, 0.717) is 17.4 Å². The SMILES string of the molecule is CCc1ccc(C(=O)Cc2cc(Cl)cc3c2OCC3)o1. The van der Waals surface area contributed by atoms with Gasteiger partial charge in [-0.05, 0) is 29.8 Å². The lowest BCUT2D eigenvalue weighted by molar-refractivity contribution is 0.0964. The zero-order valence-electron chi connectivity index (χ0n) is 11.2. The molecule has 0 radical (unpaired) electrons. The molecule has 1 aromatic heterocycles. The second-order valence-electron chi connectivity index (χ2n) is 4.87. The summed E-state index contributed by atoms with van der Waals surface area (Å²) in [5, 5.41) is 0.644. The van der Waals surface area contributed by atoms with Crippen molar-refractivity contribution >= 4 is 17.4 Å². The minimum atomic E-state index is -0.0512. The molecule has 4 heteroatoms. The highest BCUT2D eigenvalue weighted by Gasteiger charge is 2.21. The van der Waals surface area contributed by atoms with Crippen molar-refractivity contribution in [1.29, 1.82) is 0 Å². The number of Topliss-reactive ketones (excluding diaryl/α,β-unsaturated/α-hetero) is 1. The Bertz CT molecular complexity index is 658. The summed E-state index contributed by atoms with van der Waals surface area (Å²) in [5.74, 6) is 1.98. The van der Waals surface area contributed by atoms with Crippen LogP contribution in [0.5, 0.6) is 5.75 Å². The number of carbonyl (C=O) groups excluding carboxylic acids is 1. The third-order valence-electron chi connectivity index (χ3n) is 3.46. The molecule has 0 aliphatic carbocycles. The highest BCUT2D eigenvalue weighted by molar-refractivity contribution is 6.30. The minimum Gasteiger partial charge on any atom is -0.493 e. The van der Waals surface area contributed by atoms with Gasteiger partial charge in [-0.3, -0.25) is 4.79 Å². The van der Waals surface area contributed by atoms with Crippen molar-refractivity contribution in [2.24, 2.45) is 0 Å². The van der Waals surface area contributed by atoms with E-state index in [4.69, 9.17) is 20.8 Å². The van der Waals surface area contributed by atoms with E-state index in [2.05, 4.69) is 0 Å². The average molecular weight is 291 g/mol. The van der Waals surface area contributed by atoms with Crippen LogP contribution in [-0.2, 0) is 19.3 Å². The molecule has 0 bridgehead atoms. The van der Waals surface area contributed by atoms with Crippen molar-refractivity contribution < 1.29 is 13.9 Å². The lowest BCUT2D eigenvalue weighted by atomic mass is 10.0. The number of benzene rings is 1. The van der Waals surface area contributed by atoms with Crippen LogP contribution in [0.1, 0.15) is 34.4 Å². The Morgan fingerprint density at radius 3 is 2.95 bits per heavy atom. The first kappa shape index (κ1) is 13.3. The van der Waals surface area contributed by atoms with Gasteiger partial charge in [0.05, 0.1) is 6.61 Å². The topological polar surface area (TPSA) is 39.4 Å². The maximum atomic E-state index is 12.3. The van der Waals surface area contributed by atoms with E-state index in [9.17, 15) is 4.79 Å². The molecule has 0 unspecified atom stereocenters. The zero-order chi connectivity index (χ0) is 14.1. The monoisotopic (exact) mass is 290 g/mol. The van der Waals surface area contributed by atoms with E-state index < -0.39 is 0 Å². The molecule has 0 amide bonds. The molecule has 20 heavy (non-hydrogen) atoms. The maximum Gasteiger partial charge on any atom is 0.202 e. The largest absolute Gasteiger partial charge is 0.493 e. The lowest BCUT2D eigenvalue weighted by Crippen LogP contribution is -2.04. The van der Waals surface area contributed by atoms with Crippen LogP contribution in [0.15, 0.2) is 28.7 Å². The zero-order valence-corrected chi connectivity index (χ0v) is 12.0. The summed E-state index contributed by atoms with van der Waals surface area (Å²) in [7, 11) is 0. The molecule has 0 fully saturated rings. The third-order valence-corrected chi connectivity index (χ3v) is 3.68. The Hall–Kier alpha value is -1.74. The first-order valence-corrected chi connectivity index (χ1v) is 7.11. The maximum absolute atomic E-state index is 12.3. The fraction of sp³-hybridized carbons (Fsp3) is 0.312. The van der Waals surface area contributed by atoms with Crippen LogP contribution in [0, 0.1) is 0 Å². The van der Waals surface area contributed by atoms with Gasteiger partial charge in [-0.2, -0.15) is 0 Å². The lowest BCUT2D eigenvalue weighted by Gasteiger charge is -2.07. The summed E-state index contributed by atoms with van der Waals surface area (Å²) in [6.07, 6.45) is 1.88. The quantitative estimate of drug-likeness (QED) is 0.803. The van der Waals surface area contributed by atoms with Crippen LogP contribution in [0.4, 0.5) is 0 Å². The van der Waals surface area contributed by atoms with Gasteiger partial charge in [0.2, 0.25) is 5.78 Å². The van der Waals surface area contributed by atoms with E-state index in [1.807, 2.05) is 19.1 Å². The molecule has 1 aliphatic heterocycles. The number of furan rings is 1. The van der Waals surface area contributed by atoms with Crippen LogP contribution in [0.3, 0.4) is 0 Å². The summed E-state index contributed by atoms with van der Waals surface area (Å²) in [4.78, 5) is 12.3. The van der Waals surface area contributed by atoms with Crippen molar-refractivity contribution in [1.82, 2.24) is 0 Å². The predicted octanol–water partition coefficient (Wildman–Crippen LogP) is 3.86. The molecule has 1 aliphatic rings. The normalized spacial score (nSPS) is 13.1. The molecule has 0 saturated carbocycles. The molecule has 2 heterocycles. The van der Waals surface area contributed by atoms with Gasteiger partial charge in [0, 0.05) is 29.8 Å². The summed E-state index contributed by atoms with van der Waals surface area (Å²) in [6.45, 7) is 2.64. The Morgan fingerprint density at radius 2 is 2.20 bits per heavy atom. The van der Waals surface area contributed by atoms with E-state index in [-0.39, 0.29) is 12.2 Å². The van der Waals surface area contributed by atoms with Gasteiger partial charge < -0.3 is 9.15 Å². The summed E-state index contributed by atoms with van der Waals surface area (Å²) in [6, 6.07) is 7.27. The van der Waals surface area contributed by atoms with Crippen LogP contribution < -0.4 is 4.74 Å². The minimum absolute atomic E-state index is 0.0512. The van der Waals surface area contributed by atoms with E-state index in [1.54, 1.807) is 12.1 Å². The molecule has 3 rings (SSSR count). The van der Waals surface area contributed by atoms with Gasteiger partial charge in [-0.25, -0.2) is 0 Å². The number of fused-ring (bicyclic) bond motifs is 1. The van der Waals surface area contributed by atoms with Crippen molar-refractivity contribution in [3.05, 3.63) is 51.9 Å². The second kappa shape index (κ2) is 5.33. The van der Waals surface area contributed by atoms with Crippen molar-refractivity contribution in [3.63, 3.8) is 0 Å². The molecule has 0 spiro atoms. The number of carbonyl (C=O) groups is 1. The van der Waals surface area contributed by atoms with Crippen LogP contribution in [0.2, 0.25) is 5.02 Å². The standard InChI is InChI=1S/C16H15ClO3/c1-2-13-3-4-15(20-13)14(18)9-11-8-12(17)7-10-5-6-19-16(10)11/h3-4,7-8H,2,5-6,9H2,1H3. The van der Waals surface area contributed by atoms with Gasteiger partial charge in [-0.1, -0.05) is 18.5 Å². The summed E-state index contributed by atoms with van der Waals surface area (Å²) >= 11 is 6.09. The number of halogens is 1. The van der Waals surface area contributed by atoms with Gasteiger partial charge in [0.15, 0.2) is 5.76 Å². The first-order chi connectivity index (χ1) is 9.67. The van der Waals surface area contributed by atoms with Gasteiger partial charge in [0.1, 0.15) is 11.5 Å². The number of ether oxygens (including phenoxy) is 1. The average Bonchev–Trinajstić information content (AvgIpc) is 3.06. The molecular formula is C16H15ClO3. The molecule has 0 N–H and O–H groups in total. The second-order valence-corrected chi connectivity index (χ2v) is 5.31. The van der Waals surface area contributed by atoms with Gasteiger partial charge in [0.25, 0.3) is 0 Å². The van der Waals surface area contributed by atoms with E-state index in [0.717, 1.165) is 35.5 Å². The molecule has 1 aromatic carbocycles. The molecule has 0 saturated heterocycles. The fourth-order valence-electron chi connectivity index (χ4n) is 2.46. The smallest absolute Gasteiger partial charge is 0.202 e. The van der Waals surface area contributed by atoms with Crippen LogP contribution >= 0.6 is 11.6 Å². The van der Waals surface area contributed by atoms with Crippen LogP contribution in [-0.4, -0.2) is 12.4 Å². The highest BCUT2D eigenvalue weighted by Crippen LogP contribution is 2.33. The Morgan fingerprint density at radius 1 is 1.35 bits per heavy atom. The fourth-order valence-corrected chi connectivity index (χ4v) is 2.72. The molecule has 104 valence electrons. The van der Waals surface area contributed by atoms with E-state index >= 15 is 0 Å². The Labute approximate surface area is 122 Å². The molecule has 3 nitrogen and oxygen atoms in total. The summed E-state index contributed by atoms with van der Waals surface area (Å²) in [5.41, 5.74) is 1.92. The highest BCUT2D eigenvalue weighted by atomic mass is 35.5. The van der Waals surface area contributed by atoms with Crippen molar-refractivity contribution in [3.8, 4) is 5.75 Å². The Balaban J connectivity index is 1.86. The van der Waals surface area contributed by atoms with Crippen LogP contribution in [0.25, 0.3) is 0 Å². The molecule has 2 aromatic rings. The predicted molar refractivity (Wildman–Crippen MR) is 76.8 cm³/mol.